The minimum atomic E-state index is -0.273. The number of carbonyl (C=O) groups is 2. The van der Waals surface area contributed by atoms with Crippen LogP contribution in [0.1, 0.15) is 23.5 Å². The number of hydrogen-bond donors (Lipinski definition) is 2. The van der Waals surface area contributed by atoms with E-state index in [2.05, 4.69) is 15.2 Å². The fourth-order valence-corrected chi connectivity index (χ4v) is 3.70. The highest BCUT2D eigenvalue weighted by Crippen LogP contribution is 2.21. The van der Waals surface area contributed by atoms with Gasteiger partial charge in [0.15, 0.2) is 0 Å². The van der Waals surface area contributed by atoms with Gasteiger partial charge in [0.25, 0.3) is 0 Å². The van der Waals surface area contributed by atoms with Gasteiger partial charge in [0, 0.05) is 17.6 Å². The molecule has 1 aliphatic rings. The zero-order chi connectivity index (χ0) is 16.9. The molecule has 0 bridgehead atoms. The van der Waals surface area contributed by atoms with E-state index in [0.29, 0.717) is 6.54 Å². The van der Waals surface area contributed by atoms with Crippen molar-refractivity contribution in [2.24, 2.45) is 5.73 Å². The van der Waals surface area contributed by atoms with Crippen LogP contribution in [0.15, 0.2) is 35.7 Å². The summed E-state index contributed by atoms with van der Waals surface area (Å²) in [6.45, 7) is 1.46. The Morgan fingerprint density at radius 1 is 1.33 bits per heavy atom. The molecule has 0 aliphatic carbocycles. The Balaban J connectivity index is 1.55. The van der Waals surface area contributed by atoms with Crippen molar-refractivity contribution in [1.82, 2.24) is 9.88 Å². The molecule has 2 aromatic rings. The highest BCUT2D eigenvalue weighted by atomic mass is 32.1. The molecule has 1 aromatic carbocycles. The molecule has 24 heavy (non-hydrogen) atoms. The summed E-state index contributed by atoms with van der Waals surface area (Å²) in [6, 6.07) is 9.16. The molecule has 1 saturated heterocycles. The van der Waals surface area contributed by atoms with Crippen LogP contribution in [0.4, 0.5) is 5.69 Å². The van der Waals surface area contributed by atoms with Crippen LogP contribution in [0.2, 0.25) is 0 Å². The van der Waals surface area contributed by atoms with Crippen LogP contribution in [0, 0.1) is 0 Å². The quantitative estimate of drug-likeness (QED) is 0.836. The van der Waals surface area contributed by atoms with Crippen molar-refractivity contribution in [3.63, 3.8) is 0 Å². The topological polar surface area (TPSA) is 88.3 Å². The van der Waals surface area contributed by atoms with E-state index in [-0.39, 0.29) is 24.3 Å². The van der Waals surface area contributed by atoms with E-state index in [9.17, 15) is 9.59 Å². The van der Waals surface area contributed by atoms with Crippen LogP contribution in [-0.2, 0) is 22.6 Å². The second-order valence-corrected chi connectivity index (χ2v) is 6.80. The Kier molecular flexibility index (Phi) is 5.22. The number of likely N-dealkylation sites (tertiary alicyclic amines) is 1. The molecule has 0 saturated carbocycles. The molecular formula is C17H20N4O2S. The Hall–Kier alpha value is -2.25. The molecule has 6 nitrogen and oxygen atoms in total. The average molecular weight is 344 g/mol. The maximum atomic E-state index is 12.1. The molecule has 0 radical (unpaired) electrons. The van der Waals surface area contributed by atoms with E-state index in [0.717, 1.165) is 35.8 Å². The van der Waals surface area contributed by atoms with Crippen LogP contribution < -0.4 is 11.1 Å². The highest BCUT2D eigenvalue weighted by molar-refractivity contribution is 7.09. The number of amides is 2. The number of benzene rings is 1. The number of nitrogens with zero attached hydrogens (tertiary/aromatic N) is 2. The van der Waals surface area contributed by atoms with Crippen LogP contribution in [0.3, 0.4) is 0 Å². The van der Waals surface area contributed by atoms with Gasteiger partial charge in [-0.2, -0.15) is 0 Å². The Morgan fingerprint density at radius 2 is 2.12 bits per heavy atom. The third kappa shape index (κ3) is 4.18. The van der Waals surface area contributed by atoms with E-state index < -0.39 is 0 Å². The van der Waals surface area contributed by atoms with E-state index in [1.807, 2.05) is 35.7 Å². The van der Waals surface area contributed by atoms with Crippen molar-refractivity contribution in [1.29, 1.82) is 0 Å². The molecular weight excluding hydrogens is 324 g/mol. The van der Waals surface area contributed by atoms with E-state index in [1.165, 1.54) is 11.3 Å². The lowest BCUT2D eigenvalue weighted by atomic mass is 10.2. The van der Waals surface area contributed by atoms with Crippen molar-refractivity contribution in [2.45, 2.75) is 31.8 Å². The van der Waals surface area contributed by atoms with E-state index >= 15 is 0 Å². The predicted molar refractivity (Wildman–Crippen MR) is 93.5 cm³/mol. The number of carbonyl (C=O) groups excluding carboxylic acids is 2. The summed E-state index contributed by atoms with van der Waals surface area (Å²) in [5.41, 5.74) is 7.10. The van der Waals surface area contributed by atoms with Gasteiger partial charge in [-0.1, -0.05) is 18.2 Å². The number of rotatable bonds is 6. The first-order valence-corrected chi connectivity index (χ1v) is 8.81. The fourth-order valence-electron chi connectivity index (χ4n) is 2.91. The summed E-state index contributed by atoms with van der Waals surface area (Å²) >= 11 is 1.47. The van der Waals surface area contributed by atoms with Crippen LogP contribution in [-0.4, -0.2) is 34.3 Å². The number of aromatic nitrogens is 1. The molecule has 1 unspecified atom stereocenters. The number of primary amides is 1. The summed E-state index contributed by atoms with van der Waals surface area (Å²) in [6.07, 6.45) is 2.04. The third-order valence-electron chi connectivity index (χ3n) is 4.03. The number of nitrogens with one attached hydrogen (secondary N) is 1. The summed E-state index contributed by atoms with van der Waals surface area (Å²) in [7, 11) is 0. The molecule has 3 rings (SSSR count). The highest BCUT2D eigenvalue weighted by Gasteiger charge is 2.29. The Bertz CT molecular complexity index is 716. The third-order valence-corrected chi connectivity index (χ3v) is 4.92. The predicted octanol–water partition coefficient (Wildman–Crippen LogP) is 1.77. The maximum Gasteiger partial charge on any atom is 0.234 e. The monoisotopic (exact) mass is 344 g/mol. The zero-order valence-corrected chi connectivity index (χ0v) is 14.1. The first-order chi connectivity index (χ1) is 11.6. The molecule has 3 N–H and O–H groups in total. The van der Waals surface area contributed by atoms with Crippen LogP contribution >= 0.6 is 11.3 Å². The molecule has 1 fully saturated rings. The molecule has 1 atom stereocenters. The summed E-state index contributed by atoms with van der Waals surface area (Å²) in [5, 5.41) is 5.57. The molecule has 2 amide bonds. The van der Waals surface area contributed by atoms with Crippen LogP contribution in [0.25, 0.3) is 0 Å². The fraction of sp³-hybridized carbons (Fsp3) is 0.353. The molecule has 126 valence electrons. The zero-order valence-electron chi connectivity index (χ0n) is 13.3. The van der Waals surface area contributed by atoms with Crippen LogP contribution in [0.5, 0.6) is 0 Å². The van der Waals surface area contributed by atoms with Crippen molar-refractivity contribution in [3.05, 3.63) is 46.4 Å². The molecule has 1 aromatic heterocycles. The minimum Gasteiger partial charge on any atom is -0.368 e. The second-order valence-electron chi connectivity index (χ2n) is 5.85. The van der Waals surface area contributed by atoms with Gasteiger partial charge in [-0.05, 0) is 31.5 Å². The maximum absolute atomic E-state index is 12.1. The van der Waals surface area contributed by atoms with Crippen molar-refractivity contribution in [3.8, 4) is 0 Å². The molecule has 1 aliphatic heterocycles. The van der Waals surface area contributed by atoms with E-state index in [1.54, 1.807) is 0 Å². The first-order valence-electron chi connectivity index (χ1n) is 7.93. The van der Waals surface area contributed by atoms with Gasteiger partial charge in [0.05, 0.1) is 18.2 Å². The largest absolute Gasteiger partial charge is 0.368 e. The lowest BCUT2D eigenvalue weighted by Crippen LogP contribution is -2.39. The Morgan fingerprint density at radius 3 is 2.88 bits per heavy atom. The van der Waals surface area contributed by atoms with Gasteiger partial charge in [-0.25, -0.2) is 4.98 Å². The summed E-state index contributed by atoms with van der Waals surface area (Å²) in [4.78, 5) is 30.1. The lowest BCUT2D eigenvalue weighted by Gasteiger charge is -2.20. The number of nitrogens with two attached hydrogens (primary N) is 1. The van der Waals surface area contributed by atoms with Gasteiger partial charge >= 0.3 is 0 Å². The van der Waals surface area contributed by atoms with Crippen molar-refractivity contribution >= 4 is 28.8 Å². The number of para-hydroxylation sites is 1. The minimum absolute atomic E-state index is 0.0849. The SMILES string of the molecule is NC(=O)C1CCCN1Cc1csc(CC(=O)Nc2ccccc2)n1. The van der Waals surface area contributed by atoms with Crippen molar-refractivity contribution in [2.75, 3.05) is 11.9 Å². The Labute approximate surface area is 144 Å². The van der Waals surface area contributed by atoms with Gasteiger partial charge in [0.1, 0.15) is 5.01 Å². The molecule has 2 heterocycles. The smallest absolute Gasteiger partial charge is 0.234 e. The van der Waals surface area contributed by atoms with Gasteiger partial charge in [-0.15, -0.1) is 11.3 Å². The van der Waals surface area contributed by atoms with E-state index in [4.69, 9.17) is 5.73 Å². The van der Waals surface area contributed by atoms with Crippen molar-refractivity contribution < 1.29 is 9.59 Å². The molecule has 7 heteroatoms. The second kappa shape index (κ2) is 7.55. The van der Waals surface area contributed by atoms with Gasteiger partial charge < -0.3 is 11.1 Å². The van der Waals surface area contributed by atoms with Gasteiger partial charge in [-0.3, -0.25) is 14.5 Å². The molecule has 0 spiro atoms. The average Bonchev–Trinajstić information content (AvgIpc) is 3.18. The number of hydrogen-bond acceptors (Lipinski definition) is 5. The number of thiazole rings is 1. The first kappa shape index (κ1) is 16.6. The summed E-state index contributed by atoms with van der Waals surface area (Å²) < 4.78 is 0. The standard InChI is InChI=1S/C17H20N4O2S/c18-17(23)14-7-4-8-21(14)10-13-11-24-16(20-13)9-15(22)19-12-5-2-1-3-6-12/h1-3,5-6,11,14H,4,7-10H2,(H2,18,23)(H,19,22). The number of anilines is 1. The summed E-state index contributed by atoms with van der Waals surface area (Å²) in [5.74, 6) is -0.358. The van der Waals surface area contributed by atoms with Gasteiger partial charge in [0.2, 0.25) is 11.8 Å². The lowest BCUT2D eigenvalue weighted by molar-refractivity contribution is -0.122. The normalized spacial score (nSPS) is 17.8.